The molecular formula is C24H28N6OS. The van der Waals surface area contributed by atoms with Gasteiger partial charge in [-0.05, 0) is 57.0 Å². The molecule has 3 N–H and O–H groups in total. The largest absolute Gasteiger partial charge is 0.507 e. The van der Waals surface area contributed by atoms with E-state index in [9.17, 15) is 5.11 Å². The molecule has 2 atom stereocenters. The Balaban J connectivity index is 1.43. The maximum absolute atomic E-state index is 10.2. The molecule has 5 rings (SSSR count). The first-order chi connectivity index (χ1) is 15.3. The van der Waals surface area contributed by atoms with Gasteiger partial charge in [0.25, 0.3) is 0 Å². The Kier molecular flexibility index (Phi) is 5.12. The molecule has 0 amide bonds. The second-order valence-electron chi connectivity index (χ2n) is 9.17. The van der Waals surface area contributed by atoms with Crippen LogP contribution in [0, 0.1) is 0 Å². The minimum atomic E-state index is -0.284. The van der Waals surface area contributed by atoms with Gasteiger partial charge in [-0.2, -0.15) is 12.6 Å². The van der Waals surface area contributed by atoms with Gasteiger partial charge >= 0.3 is 0 Å². The summed E-state index contributed by atoms with van der Waals surface area (Å²) in [6.07, 6.45) is 4.15. The summed E-state index contributed by atoms with van der Waals surface area (Å²) in [4.78, 5) is 9.38. The van der Waals surface area contributed by atoms with Gasteiger partial charge in [0, 0.05) is 47.4 Å². The number of pyridine rings is 1. The number of fused-ring (bicyclic) bond motifs is 2. The Morgan fingerprint density at radius 2 is 1.78 bits per heavy atom. The van der Waals surface area contributed by atoms with Crippen molar-refractivity contribution in [2.24, 2.45) is 0 Å². The molecule has 2 unspecified atom stereocenters. The summed E-state index contributed by atoms with van der Waals surface area (Å²) >= 11 is 4.70. The van der Waals surface area contributed by atoms with Crippen LogP contribution in [0.2, 0.25) is 0 Å². The molecular weight excluding hydrogens is 420 g/mol. The molecule has 2 saturated heterocycles. The molecule has 32 heavy (non-hydrogen) atoms. The van der Waals surface area contributed by atoms with Gasteiger partial charge in [-0.15, -0.1) is 10.2 Å². The Hall–Kier alpha value is -3.00. The molecule has 2 aromatic heterocycles. The molecule has 0 spiro atoms. The first-order valence-electron chi connectivity index (χ1n) is 10.9. The van der Waals surface area contributed by atoms with Crippen LogP contribution in [-0.4, -0.2) is 45.5 Å². The minimum absolute atomic E-state index is 0.183. The number of aromatic hydroxyl groups is 1. The lowest BCUT2D eigenvalue weighted by Gasteiger charge is -2.43. The smallest absolute Gasteiger partial charge is 0.169 e. The molecule has 0 radical (unpaired) electrons. The number of piperazine rings is 1. The molecule has 7 nitrogen and oxygen atoms in total. The second kappa shape index (κ2) is 7.85. The molecule has 166 valence electrons. The van der Waals surface area contributed by atoms with Crippen molar-refractivity contribution in [2.75, 3.05) is 28.6 Å². The molecule has 2 aliphatic rings. The summed E-state index contributed by atoms with van der Waals surface area (Å²) in [7, 11) is 0. The summed E-state index contributed by atoms with van der Waals surface area (Å²) in [6, 6.07) is 14.1. The number of phenolic OH excluding ortho intramolecular Hbond substituents is 1. The number of aromatic nitrogens is 3. The number of para-hydroxylation sites is 1. The van der Waals surface area contributed by atoms with Crippen molar-refractivity contribution in [1.82, 2.24) is 15.2 Å². The number of anilines is 3. The van der Waals surface area contributed by atoms with Crippen molar-refractivity contribution in [1.29, 1.82) is 0 Å². The Bertz CT molecular complexity index is 1130. The maximum Gasteiger partial charge on any atom is 0.169 e. The summed E-state index contributed by atoms with van der Waals surface area (Å²) in [5, 5.41) is 18.7. The van der Waals surface area contributed by atoms with E-state index in [-0.39, 0.29) is 10.5 Å². The predicted molar refractivity (Wildman–Crippen MR) is 131 cm³/mol. The van der Waals surface area contributed by atoms with Crippen LogP contribution in [-0.2, 0) is 4.75 Å². The number of nitrogens with zero attached hydrogens (tertiary/aromatic N) is 5. The lowest BCUT2D eigenvalue weighted by Crippen LogP contribution is -2.54. The molecule has 0 aliphatic carbocycles. The quantitative estimate of drug-likeness (QED) is 0.522. The van der Waals surface area contributed by atoms with Gasteiger partial charge in [-0.3, -0.25) is 4.98 Å². The Labute approximate surface area is 193 Å². The topological polar surface area (TPSA) is 91.4 Å². The van der Waals surface area contributed by atoms with Crippen molar-refractivity contribution in [3.05, 3.63) is 54.4 Å². The van der Waals surface area contributed by atoms with E-state index in [2.05, 4.69) is 51.0 Å². The highest BCUT2D eigenvalue weighted by Gasteiger charge is 2.41. The Morgan fingerprint density at radius 3 is 2.47 bits per heavy atom. The highest BCUT2D eigenvalue weighted by molar-refractivity contribution is 7.81. The third-order valence-corrected chi connectivity index (χ3v) is 6.70. The van der Waals surface area contributed by atoms with E-state index in [1.165, 1.54) is 5.69 Å². The number of nitrogens with two attached hydrogens (primary N) is 1. The van der Waals surface area contributed by atoms with Crippen LogP contribution >= 0.6 is 12.6 Å². The molecule has 2 aliphatic heterocycles. The fraction of sp³-hybridized carbons (Fsp3) is 0.375. The van der Waals surface area contributed by atoms with Gasteiger partial charge in [-0.1, -0.05) is 12.1 Å². The second-order valence-corrected chi connectivity index (χ2v) is 10.3. The number of hydrogen-bond acceptors (Lipinski definition) is 8. The molecule has 8 heteroatoms. The molecule has 3 aromatic rings. The van der Waals surface area contributed by atoms with Crippen molar-refractivity contribution in [2.45, 2.75) is 43.5 Å². The average Bonchev–Trinajstić information content (AvgIpc) is 3.03. The number of benzene rings is 1. The van der Waals surface area contributed by atoms with Crippen LogP contribution < -0.4 is 15.5 Å². The third-order valence-electron chi connectivity index (χ3n) is 6.47. The zero-order valence-corrected chi connectivity index (χ0v) is 19.2. The van der Waals surface area contributed by atoms with Crippen molar-refractivity contribution < 1.29 is 5.11 Å². The van der Waals surface area contributed by atoms with Gasteiger partial charge in [0.1, 0.15) is 5.75 Å². The number of hydrogen-bond donors (Lipinski definition) is 3. The first kappa shape index (κ1) is 20.9. The van der Waals surface area contributed by atoms with Gasteiger partial charge in [0.15, 0.2) is 5.82 Å². The zero-order chi connectivity index (χ0) is 22.5. The standard InChI is InChI=1S/C24H28N6OS/c1-24(2,32)22-11-15(9-10-26-22)30-16-7-8-17(30)14-29(13-16)20-12-19(27-28-23(20)25)18-5-3-4-6-21(18)31/h3-6,9-12,16-17,31-32H,7-8,13-14H2,1-2H3,(H2,25,28). The first-order valence-corrected chi connectivity index (χ1v) is 11.4. The van der Waals surface area contributed by atoms with Crippen molar-refractivity contribution >= 4 is 29.8 Å². The van der Waals surface area contributed by atoms with Crippen LogP contribution in [0.5, 0.6) is 5.75 Å². The van der Waals surface area contributed by atoms with E-state index in [0.29, 0.717) is 29.2 Å². The van der Waals surface area contributed by atoms with Gasteiger partial charge in [0.2, 0.25) is 0 Å². The van der Waals surface area contributed by atoms with E-state index in [1.807, 2.05) is 24.4 Å². The summed E-state index contributed by atoms with van der Waals surface area (Å²) in [5.41, 5.74) is 10.6. The predicted octanol–water partition coefficient (Wildman–Crippen LogP) is 3.85. The van der Waals surface area contributed by atoms with Crippen LogP contribution in [0.3, 0.4) is 0 Å². The van der Waals surface area contributed by atoms with E-state index < -0.39 is 0 Å². The van der Waals surface area contributed by atoms with Crippen molar-refractivity contribution in [3.63, 3.8) is 0 Å². The van der Waals surface area contributed by atoms with E-state index in [0.717, 1.165) is 37.3 Å². The van der Waals surface area contributed by atoms with Gasteiger partial charge in [-0.25, -0.2) is 0 Å². The lowest BCUT2D eigenvalue weighted by molar-refractivity contribution is 0.477. The van der Waals surface area contributed by atoms with E-state index in [4.69, 9.17) is 18.4 Å². The van der Waals surface area contributed by atoms with Gasteiger partial charge < -0.3 is 20.6 Å². The highest BCUT2D eigenvalue weighted by atomic mass is 32.1. The normalized spacial score (nSPS) is 20.6. The molecule has 2 bridgehead atoms. The summed E-state index contributed by atoms with van der Waals surface area (Å²) in [5.74, 6) is 0.600. The summed E-state index contributed by atoms with van der Waals surface area (Å²) < 4.78 is -0.284. The minimum Gasteiger partial charge on any atom is -0.507 e. The van der Waals surface area contributed by atoms with Crippen LogP contribution in [0.15, 0.2) is 48.7 Å². The number of nitrogen functional groups attached to an aromatic ring is 1. The molecule has 1 aromatic carbocycles. The number of thiol groups is 1. The SMILES string of the molecule is CC(C)(S)c1cc(N2C3CCC2CN(c2cc(-c4ccccc4O)nnc2N)C3)ccn1. The number of phenols is 1. The van der Waals surface area contributed by atoms with E-state index >= 15 is 0 Å². The van der Waals surface area contributed by atoms with Crippen LogP contribution in [0.4, 0.5) is 17.2 Å². The van der Waals surface area contributed by atoms with E-state index in [1.54, 1.807) is 12.1 Å². The third kappa shape index (κ3) is 3.72. The van der Waals surface area contributed by atoms with Gasteiger partial charge in [0.05, 0.1) is 17.1 Å². The average molecular weight is 449 g/mol. The van der Waals surface area contributed by atoms with Crippen LogP contribution in [0.25, 0.3) is 11.3 Å². The molecule has 2 fully saturated rings. The van der Waals surface area contributed by atoms with Crippen LogP contribution in [0.1, 0.15) is 32.4 Å². The number of rotatable bonds is 4. The monoisotopic (exact) mass is 448 g/mol. The Morgan fingerprint density at radius 1 is 1.06 bits per heavy atom. The highest BCUT2D eigenvalue weighted by Crippen LogP contribution is 2.39. The molecule has 4 heterocycles. The van der Waals surface area contributed by atoms with Crippen molar-refractivity contribution in [3.8, 4) is 17.0 Å². The maximum atomic E-state index is 10.2. The fourth-order valence-corrected chi connectivity index (χ4v) is 5.02. The molecule has 0 saturated carbocycles. The lowest BCUT2D eigenvalue weighted by atomic mass is 10.1. The fourth-order valence-electron chi connectivity index (χ4n) is 4.90. The summed E-state index contributed by atoms with van der Waals surface area (Å²) in [6.45, 7) is 5.84. The zero-order valence-electron chi connectivity index (χ0n) is 18.3.